The zero-order chi connectivity index (χ0) is 26.0. The van der Waals surface area contributed by atoms with E-state index >= 15 is 0 Å². The van der Waals surface area contributed by atoms with Gasteiger partial charge in [-0.2, -0.15) is 0 Å². The number of fused-ring (bicyclic) bond motifs is 1. The van der Waals surface area contributed by atoms with E-state index in [0.717, 1.165) is 51.7 Å². The monoisotopic (exact) mass is 510 g/mol. The van der Waals surface area contributed by atoms with Gasteiger partial charge in [-0.1, -0.05) is 12.6 Å². The topological polar surface area (TPSA) is 89.8 Å². The Kier molecular flexibility index (Phi) is 5.87. The number of anilines is 1. The molecule has 0 spiro atoms. The van der Waals surface area contributed by atoms with E-state index in [1.54, 1.807) is 0 Å². The Bertz CT molecular complexity index is 1490. The molecule has 0 fully saturated rings. The first-order valence-corrected chi connectivity index (χ1v) is 14.0. The third-order valence-electron chi connectivity index (χ3n) is 6.89. The number of aryl methyl sites for hydroxylation is 3. The average Bonchev–Trinajstić information content (AvgIpc) is 3.05. The van der Waals surface area contributed by atoms with Crippen LogP contribution in [0.2, 0.25) is 0 Å². The summed E-state index contributed by atoms with van der Waals surface area (Å²) in [5, 5.41) is 11.8. The molecule has 0 aliphatic carbocycles. The summed E-state index contributed by atoms with van der Waals surface area (Å²) in [5.41, 5.74) is 6.25. The van der Waals surface area contributed by atoms with Gasteiger partial charge in [0.15, 0.2) is 0 Å². The van der Waals surface area contributed by atoms with Crippen molar-refractivity contribution in [2.45, 2.75) is 65.7 Å². The molecule has 0 amide bonds. The fourth-order valence-corrected chi connectivity index (χ4v) is 6.53. The van der Waals surface area contributed by atoms with Crippen LogP contribution in [0.25, 0.3) is 22.0 Å². The molecule has 1 unspecified atom stereocenters. The van der Waals surface area contributed by atoms with Crippen molar-refractivity contribution in [3.05, 3.63) is 59.0 Å². The zero-order valence-electron chi connectivity index (χ0n) is 21.6. The number of nitrogens with one attached hydrogen (secondary N) is 1. The molecular weight excluding hydrogens is 476 g/mol. The van der Waals surface area contributed by atoms with Gasteiger partial charge in [-0.25, -0.2) is 8.42 Å². The van der Waals surface area contributed by atoms with Crippen molar-refractivity contribution in [1.82, 2.24) is 4.57 Å². The smallest absolute Gasteiger partial charge is 0.234 e. The highest BCUT2D eigenvalue weighted by atomic mass is 32.2. The molecule has 0 radical (unpaired) electrons. The van der Waals surface area contributed by atoms with E-state index in [-0.39, 0.29) is 11.5 Å². The Morgan fingerprint density at radius 1 is 1.28 bits per heavy atom. The molecule has 5 rings (SSSR count). The van der Waals surface area contributed by atoms with Gasteiger partial charge in [-0.3, -0.25) is 4.72 Å². The molecule has 36 heavy (non-hydrogen) atoms. The van der Waals surface area contributed by atoms with Gasteiger partial charge in [0.25, 0.3) is 0 Å². The minimum absolute atomic E-state index is 0.0141. The number of aromatic nitrogens is 1. The van der Waals surface area contributed by atoms with Crippen molar-refractivity contribution in [1.29, 1.82) is 0 Å². The summed E-state index contributed by atoms with van der Waals surface area (Å²) >= 11 is 0. The van der Waals surface area contributed by atoms with Crippen LogP contribution >= 0.6 is 0 Å². The van der Waals surface area contributed by atoms with E-state index in [0.29, 0.717) is 30.0 Å². The summed E-state index contributed by atoms with van der Waals surface area (Å²) in [6.07, 6.45) is 3.03. The number of ether oxygens (including phenoxy) is 2. The lowest BCUT2D eigenvalue weighted by molar-refractivity contribution is -0.0594. The van der Waals surface area contributed by atoms with Gasteiger partial charge in [0, 0.05) is 23.7 Å². The van der Waals surface area contributed by atoms with Crippen LogP contribution in [0.5, 0.6) is 5.75 Å². The van der Waals surface area contributed by atoms with Crippen molar-refractivity contribution in [3.8, 4) is 16.9 Å². The third kappa shape index (κ3) is 4.26. The first kappa shape index (κ1) is 24.7. The highest BCUT2D eigenvalue weighted by molar-refractivity contribution is 7.92. The molecular formula is C28H34N2O5S. The summed E-state index contributed by atoms with van der Waals surface area (Å²) in [6.45, 7) is 14.6. The fraction of sp³-hybridized carbons (Fsp3) is 0.429. The van der Waals surface area contributed by atoms with Crippen molar-refractivity contribution < 1.29 is 23.0 Å². The minimum atomic E-state index is -3.54. The molecule has 1 aromatic heterocycles. The highest BCUT2D eigenvalue weighted by Crippen LogP contribution is 2.48. The van der Waals surface area contributed by atoms with Crippen LogP contribution in [0.3, 0.4) is 0 Å². The summed E-state index contributed by atoms with van der Waals surface area (Å²) < 4.78 is 42.8. The normalized spacial score (nSPS) is 17.6. The molecule has 0 saturated heterocycles. The lowest BCUT2D eigenvalue weighted by Crippen LogP contribution is -2.25. The molecule has 2 aliphatic heterocycles. The molecule has 7 nitrogen and oxygen atoms in total. The van der Waals surface area contributed by atoms with Gasteiger partial charge in [-0.05, 0) is 87.4 Å². The van der Waals surface area contributed by atoms with Gasteiger partial charge in [0.1, 0.15) is 17.6 Å². The van der Waals surface area contributed by atoms with Crippen molar-refractivity contribution in [2.75, 3.05) is 17.1 Å². The van der Waals surface area contributed by atoms with E-state index in [1.807, 2.05) is 57.5 Å². The Balaban J connectivity index is 1.91. The van der Waals surface area contributed by atoms with Gasteiger partial charge in [-0.15, -0.1) is 0 Å². The van der Waals surface area contributed by atoms with Gasteiger partial charge in [0.05, 0.1) is 29.2 Å². The number of aliphatic hydroxyl groups excluding tert-OH is 1. The van der Waals surface area contributed by atoms with Crippen LogP contribution < -0.4 is 9.46 Å². The van der Waals surface area contributed by atoms with Gasteiger partial charge < -0.3 is 19.1 Å². The van der Waals surface area contributed by atoms with Crippen LogP contribution in [0.15, 0.2) is 36.7 Å². The number of sulfonamides is 1. The SMILES string of the molecule is C=C(O)C(OC(C)(C)C)c1c(C)c2c3c(c(C)cn3CCS(=O)(=O)N2)c1-c1ccc2c(c1)CCCO2. The summed E-state index contributed by atoms with van der Waals surface area (Å²) in [5.74, 6) is 0.751. The van der Waals surface area contributed by atoms with E-state index in [1.165, 1.54) is 0 Å². The molecule has 1 atom stereocenters. The molecule has 0 saturated carbocycles. The molecule has 8 heteroatoms. The number of benzene rings is 2. The average molecular weight is 511 g/mol. The number of hydrogen-bond acceptors (Lipinski definition) is 5. The molecule has 2 aliphatic rings. The number of aliphatic hydroxyl groups is 1. The quantitative estimate of drug-likeness (QED) is 0.425. The maximum Gasteiger partial charge on any atom is 0.234 e. The zero-order valence-corrected chi connectivity index (χ0v) is 22.4. The second-order valence-electron chi connectivity index (χ2n) is 10.8. The van der Waals surface area contributed by atoms with Crippen LogP contribution in [0.1, 0.15) is 55.5 Å². The maximum atomic E-state index is 12.8. The Morgan fingerprint density at radius 2 is 2.03 bits per heavy atom. The van der Waals surface area contributed by atoms with E-state index < -0.39 is 21.7 Å². The minimum Gasteiger partial charge on any atom is -0.510 e. The second kappa shape index (κ2) is 8.56. The van der Waals surface area contributed by atoms with Gasteiger partial charge in [0.2, 0.25) is 10.0 Å². The van der Waals surface area contributed by atoms with E-state index in [9.17, 15) is 13.5 Å². The highest BCUT2D eigenvalue weighted by Gasteiger charge is 2.34. The Morgan fingerprint density at radius 3 is 2.72 bits per heavy atom. The number of rotatable bonds is 4. The molecule has 192 valence electrons. The Labute approximate surface area is 212 Å². The van der Waals surface area contributed by atoms with Gasteiger partial charge >= 0.3 is 0 Å². The van der Waals surface area contributed by atoms with Crippen LogP contribution in [0.4, 0.5) is 5.69 Å². The number of hydrogen-bond donors (Lipinski definition) is 2. The molecule has 2 aromatic carbocycles. The predicted octanol–water partition coefficient (Wildman–Crippen LogP) is 5.93. The van der Waals surface area contributed by atoms with Crippen molar-refractivity contribution >= 4 is 26.6 Å². The molecule has 3 heterocycles. The lowest BCUT2D eigenvalue weighted by atomic mass is 9.85. The van der Waals surface area contributed by atoms with Crippen molar-refractivity contribution in [3.63, 3.8) is 0 Å². The van der Waals surface area contributed by atoms with E-state index in [4.69, 9.17) is 9.47 Å². The molecule has 2 N–H and O–H groups in total. The van der Waals surface area contributed by atoms with Crippen molar-refractivity contribution in [2.24, 2.45) is 0 Å². The fourth-order valence-electron chi connectivity index (χ4n) is 5.43. The first-order chi connectivity index (χ1) is 16.9. The largest absolute Gasteiger partial charge is 0.510 e. The third-order valence-corrected chi connectivity index (χ3v) is 8.13. The standard InChI is InChI=1S/C28H34N2O5S/c1-16-15-30-11-13-36(32,33)29-25-17(2)23(27(18(3)31)35-28(4,5)6)24(22(16)26(25)30)20-9-10-21-19(14-20)8-7-12-34-21/h9-10,14-15,27,29,31H,3,7-8,11-13H2,1-2,4-6H3. The second-order valence-corrected chi connectivity index (χ2v) is 12.7. The summed E-state index contributed by atoms with van der Waals surface area (Å²) in [4.78, 5) is 0. The maximum absolute atomic E-state index is 12.8. The van der Waals surface area contributed by atoms with E-state index in [2.05, 4.69) is 17.4 Å². The first-order valence-electron chi connectivity index (χ1n) is 12.3. The number of nitrogens with zero attached hydrogens (tertiary/aromatic N) is 1. The lowest BCUT2D eigenvalue weighted by Gasteiger charge is -2.31. The van der Waals surface area contributed by atoms with Crippen LogP contribution in [0, 0.1) is 13.8 Å². The molecule has 0 bridgehead atoms. The predicted molar refractivity (Wildman–Crippen MR) is 143 cm³/mol. The Hall–Kier alpha value is -2.97. The molecule has 3 aromatic rings. The van der Waals surface area contributed by atoms with Crippen LogP contribution in [-0.2, 0) is 27.7 Å². The van der Waals surface area contributed by atoms with Crippen LogP contribution in [-0.4, -0.2) is 36.1 Å². The summed E-state index contributed by atoms with van der Waals surface area (Å²) in [7, 11) is -3.54. The summed E-state index contributed by atoms with van der Waals surface area (Å²) in [6, 6.07) is 6.19.